The maximum Gasteiger partial charge on any atom is 0.00303 e. The normalized spacial score (nSPS) is 26.9. The van der Waals surface area contributed by atoms with Crippen LogP contribution in [0.5, 0.6) is 0 Å². The molecule has 7 rings (SSSR count). The molecule has 0 unspecified atom stereocenters. The first-order valence-corrected chi connectivity index (χ1v) is 28.6. The van der Waals surface area contributed by atoms with Crippen molar-refractivity contribution >= 4 is 35.2 Å². The van der Waals surface area contributed by atoms with Crippen molar-refractivity contribution in [3.63, 3.8) is 0 Å². The molecule has 1 aromatic rings. The minimum absolute atomic E-state index is 0.0317. The number of halogens is 2. The molecule has 0 aliphatic heterocycles. The van der Waals surface area contributed by atoms with Gasteiger partial charge < -0.3 is 0 Å². The van der Waals surface area contributed by atoms with Gasteiger partial charge in [0.2, 0.25) is 0 Å². The Balaban J connectivity index is 0.00000129. The average molecular weight is 821 g/mol. The Labute approximate surface area is 315 Å². The Hall–Kier alpha value is 1.28. The minimum Gasteiger partial charge on any atom is -0.0933 e. The third-order valence-corrected chi connectivity index (χ3v) is 23.2. The Bertz CT molecular complexity index is 918. The van der Waals surface area contributed by atoms with E-state index in [0.29, 0.717) is 10.3 Å². The number of benzene rings is 1. The van der Waals surface area contributed by atoms with Crippen LogP contribution in [0.25, 0.3) is 0 Å². The predicted molar refractivity (Wildman–Crippen MR) is 214 cm³/mol. The van der Waals surface area contributed by atoms with Crippen molar-refractivity contribution in [3.8, 4) is 0 Å². The van der Waals surface area contributed by atoms with E-state index < -0.39 is 0 Å². The number of rotatable bonds is 9. The van der Waals surface area contributed by atoms with Crippen molar-refractivity contribution < 1.29 is 15.1 Å². The van der Waals surface area contributed by atoms with E-state index in [2.05, 4.69) is 30.3 Å². The van der Waals surface area contributed by atoms with Gasteiger partial charge in [0.15, 0.2) is 0 Å². The summed E-state index contributed by atoms with van der Waals surface area (Å²) in [4.78, 5) is 0. The summed E-state index contributed by atoms with van der Waals surface area (Å²) in [5.41, 5.74) is 6.18. The van der Waals surface area contributed by atoms with Crippen LogP contribution in [0, 0.1) is 0 Å². The average Bonchev–Trinajstić information content (AvgIpc) is 3.15. The van der Waals surface area contributed by atoms with Gasteiger partial charge in [-0.1, -0.05) is 162 Å². The maximum atomic E-state index is 4.85. The second kappa shape index (κ2) is 20.1. The predicted octanol–water partition coefficient (Wildman–Crippen LogP) is 15.8. The quantitative estimate of drug-likeness (QED) is 0.172. The van der Waals surface area contributed by atoms with Crippen molar-refractivity contribution in [3.05, 3.63) is 35.9 Å². The van der Waals surface area contributed by atoms with E-state index >= 15 is 0 Å². The van der Waals surface area contributed by atoms with Crippen LogP contribution in [0.3, 0.4) is 0 Å². The van der Waals surface area contributed by atoms with Crippen LogP contribution in [0.15, 0.2) is 30.3 Å². The van der Waals surface area contributed by atoms with Gasteiger partial charge in [-0.25, -0.2) is 0 Å². The van der Waals surface area contributed by atoms with E-state index in [-0.39, 0.29) is 31.0 Å². The first kappa shape index (κ1) is 39.0. The molecule has 0 bridgehead atoms. The van der Waals surface area contributed by atoms with Crippen LogP contribution >= 0.6 is 35.2 Å². The Morgan fingerprint density at radius 1 is 0.438 bits per heavy atom. The van der Waals surface area contributed by atoms with Crippen LogP contribution < -0.4 is 0 Å². The molecule has 48 heavy (non-hydrogen) atoms. The fourth-order valence-corrected chi connectivity index (χ4v) is 23.9. The molecule has 0 N–H and O–H groups in total. The third-order valence-electron chi connectivity index (χ3n) is 14.5. The zero-order chi connectivity index (χ0) is 33.1. The summed E-state index contributed by atoms with van der Waals surface area (Å²) in [5.74, 6) is 0.858. The van der Waals surface area contributed by atoms with Crippen LogP contribution in [-0.4, -0.2) is 32.9 Å². The van der Waals surface area contributed by atoms with Gasteiger partial charge in [0.1, 0.15) is 0 Å². The fraction of sp³-hybridized carbons (Fsp3) is 0.860. The molecule has 6 saturated carbocycles. The van der Waals surface area contributed by atoms with Crippen LogP contribution in [0.1, 0.15) is 204 Å². The van der Waals surface area contributed by atoms with Crippen molar-refractivity contribution in [2.45, 2.75) is 231 Å². The standard InChI is InChI=1S/C43H70P2.2ClH.Ru/c1-8-22-36(23-9-1)41(42(32-18-6-19-33-42)44(37-24-10-2-11-25-37)38-26-12-3-13-27-38)43(34-20-7-21-35-43)45(39-28-14-4-15-29-39)40-30-16-5-17-31-40;;;/h1,8-9,22-23,37-41H,2-7,10-21,24-35H2;2*1H;/q;;;+2/p-2. The number of hydrogen-bond acceptors (Lipinski definition) is 0. The topological polar surface area (TPSA) is 0 Å². The second-order valence-electron chi connectivity index (χ2n) is 17.2. The third kappa shape index (κ3) is 9.14. The Morgan fingerprint density at radius 2 is 0.708 bits per heavy atom. The van der Waals surface area contributed by atoms with Gasteiger partial charge in [0, 0.05) is 5.92 Å². The van der Waals surface area contributed by atoms with Gasteiger partial charge in [-0.15, -0.1) is 0 Å². The van der Waals surface area contributed by atoms with Crippen LogP contribution in [0.2, 0.25) is 0 Å². The molecule has 0 atom stereocenters. The summed E-state index contributed by atoms with van der Waals surface area (Å²) < 4.78 is 0. The molecule has 274 valence electrons. The molecular formula is C43H70Cl2P2Ru. The molecule has 5 heteroatoms. The van der Waals surface area contributed by atoms with E-state index in [1.54, 1.807) is 154 Å². The van der Waals surface area contributed by atoms with E-state index in [1.165, 1.54) is 38.5 Å². The molecule has 0 radical (unpaired) electrons. The molecule has 0 nitrogen and oxygen atoms in total. The molecule has 6 fully saturated rings. The van der Waals surface area contributed by atoms with Gasteiger partial charge in [-0.3, -0.25) is 0 Å². The van der Waals surface area contributed by atoms with Gasteiger partial charge in [0.25, 0.3) is 0 Å². The van der Waals surface area contributed by atoms with Gasteiger partial charge in [-0.2, -0.15) is 0 Å². The summed E-state index contributed by atoms with van der Waals surface area (Å²) >= 11 is -0.346. The van der Waals surface area contributed by atoms with E-state index in [0.717, 1.165) is 28.6 Å². The van der Waals surface area contributed by atoms with Crippen molar-refractivity contribution in [1.29, 1.82) is 0 Å². The molecule has 0 heterocycles. The molecule has 0 aromatic heterocycles. The number of hydrogen-bond donors (Lipinski definition) is 0. The fourth-order valence-electron chi connectivity index (χ4n) is 13.0. The summed E-state index contributed by atoms with van der Waals surface area (Å²) in [6.45, 7) is 0. The first-order valence-electron chi connectivity index (χ1n) is 21.2. The van der Waals surface area contributed by atoms with Crippen molar-refractivity contribution in [2.75, 3.05) is 0 Å². The van der Waals surface area contributed by atoms with Gasteiger partial charge >= 0.3 is 34.5 Å². The summed E-state index contributed by atoms with van der Waals surface area (Å²) in [6, 6.07) is 12.8. The first-order chi connectivity index (χ1) is 23.7. The second-order valence-corrected chi connectivity index (χ2v) is 26.2. The van der Waals surface area contributed by atoms with Crippen LogP contribution in [0.4, 0.5) is 0 Å². The summed E-state index contributed by atoms with van der Waals surface area (Å²) in [6.07, 6.45) is 46.9. The monoisotopic (exact) mass is 820 g/mol. The summed E-state index contributed by atoms with van der Waals surface area (Å²) in [7, 11) is 9.77. The van der Waals surface area contributed by atoms with Crippen LogP contribution in [-0.2, 0) is 15.1 Å². The Morgan fingerprint density at radius 3 is 1.00 bits per heavy atom. The maximum absolute atomic E-state index is 4.85. The smallest absolute Gasteiger partial charge is 0.00303 e. The Kier molecular flexibility index (Phi) is 16.3. The van der Waals surface area contributed by atoms with E-state index in [4.69, 9.17) is 19.4 Å². The molecule has 0 spiro atoms. The van der Waals surface area contributed by atoms with E-state index in [9.17, 15) is 0 Å². The molecule has 6 aliphatic rings. The molecule has 6 aliphatic carbocycles. The minimum atomic E-state index is -0.346. The van der Waals surface area contributed by atoms with Crippen molar-refractivity contribution in [2.24, 2.45) is 0 Å². The molecule has 0 saturated heterocycles. The zero-order valence-corrected chi connectivity index (χ0v) is 35.5. The zero-order valence-electron chi connectivity index (χ0n) is 30.5. The molecule has 1 aromatic carbocycles. The summed E-state index contributed by atoms with van der Waals surface area (Å²) in [5, 5.41) is 1.22. The van der Waals surface area contributed by atoms with E-state index in [1.807, 2.05) is 5.56 Å². The molecule has 0 amide bonds. The van der Waals surface area contributed by atoms with Crippen molar-refractivity contribution in [1.82, 2.24) is 0 Å². The van der Waals surface area contributed by atoms with Gasteiger partial charge in [0.05, 0.1) is 0 Å². The molecular weight excluding hydrogens is 750 g/mol. The SMILES string of the molecule is [Cl][Ru][Cl].c1ccc(C(C2(P(C3CCCCC3)C3CCCCC3)CCCCC2)C2(P(C3CCCCC3)C3CCCCC3)CCCCC2)cc1. The largest absolute Gasteiger partial charge is 0.0933 e. The van der Waals surface area contributed by atoms with Gasteiger partial charge in [-0.05, 0) is 116 Å².